The first-order chi connectivity index (χ1) is 9.66. The molecule has 0 saturated carbocycles. The molecule has 1 saturated heterocycles. The van der Waals surface area contributed by atoms with Crippen LogP contribution in [0.2, 0.25) is 5.02 Å². The number of aromatic amines is 1. The van der Waals surface area contributed by atoms with Gasteiger partial charge in [-0.2, -0.15) is 5.10 Å². The summed E-state index contributed by atoms with van der Waals surface area (Å²) in [5.41, 5.74) is 0.379. The Labute approximate surface area is 121 Å². The van der Waals surface area contributed by atoms with E-state index in [-0.39, 0.29) is 10.6 Å². The van der Waals surface area contributed by atoms with E-state index >= 15 is 0 Å². The largest absolute Gasteiger partial charge is 0.364 e. The molecule has 106 valence electrons. The van der Waals surface area contributed by atoms with E-state index in [2.05, 4.69) is 24.6 Å². The maximum absolute atomic E-state index is 11.6. The highest BCUT2D eigenvalue weighted by atomic mass is 35.5. The van der Waals surface area contributed by atoms with Gasteiger partial charge < -0.3 is 9.47 Å². The van der Waals surface area contributed by atoms with Crippen molar-refractivity contribution in [3.63, 3.8) is 0 Å². The van der Waals surface area contributed by atoms with E-state index in [1.54, 1.807) is 12.4 Å². The molecule has 0 amide bonds. The second-order valence-electron chi connectivity index (χ2n) is 5.01. The first-order valence-corrected chi connectivity index (χ1v) is 7.02. The van der Waals surface area contributed by atoms with E-state index in [1.807, 2.05) is 13.1 Å². The molecule has 3 heterocycles. The highest BCUT2D eigenvalue weighted by Crippen LogP contribution is 2.29. The Kier molecular flexibility index (Phi) is 3.48. The molecule has 0 aliphatic carbocycles. The van der Waals surface area contributed by atoms with Crippen molar-refractivity contribution in [2.24, 2.45) is 0 Å². The lowest BCUT2D eigenvalue weighted by atomic mass is 10.2. The molecule has 1 unspecified atom stereocenters. The molecular formula is C13H16ClN5O. The highest BCUT2D eigenvalue weighted by Gasteiger charge is 2.27. The van der Waals surface area contributed by atoms with Crippen molar-refractivity contribution in [1.29, 1.82) is 0 Å². The first-order valence-electron chi connectivity index (χ1n) is 6.64. The van der Waals surface area contributed by atoms with Crippen molar-refractivity contribution in [2.75, 3.05) is 11.4 Å². The Morgan fingerprint density at radius 3 is 3.15 bits per heavy atom. The molecule has 6 nitrogen and oxygen atoms in total. The third kappa shape index (κ3) is 2.31. The standard InChI is InChI=1S/C13H16ClN5O/c1-9-15-4-6-18(9)8-10-3-2-5-19(10)11-7-16-17-13(20)12(11)14/h4,6-7,10H,2-3,5,8H2,1H3,(H,17,20). The van der Waals surface area contributed by atoms with Crippen LogP contribution >= 0.6 is 11.6 Å². The van der Waals surface area contributed by atoms with Crippen molar-refractivity contribution in [3.8, 4) is 0 Å². The molecule has 0 bridgehead atoms. The summed E-state index contributed by atoms with van der Waals surface area (Å²) in [6.07, 6.45) is 7.56. The molecule has 20 heavy (non-hydrogen) atoms. The van der Waals surface area contributed by atoms with Crippen molar-refractivity contribution in [3.05, 3.63) is 39.8 Å². The molecule has 0 radical (unpaired) electrons. The number of nitrogens with one attached hydrogen (secondary N) is 1. The molecule has 1 aliphatic heterocycles. The van der Waals surface area contributed by atoms with Crippen LogP contribution in [-0.2, 0) is 6.54 Å². The zero-order chi connectivity index (χ0) is 14.1. The van der Waals surface area contributed by atoms with Crippen LogP contribution in [0, 0.1) is 6.92 Å². The topological polar surface area (TPSA) is 66.8 Å². The molecule has 2 aromatic rings. The molecule has 7 heteroatoms. The predicted molar refractivity (Wildman–Crippen MR) is 77.2 cm³/mol. The normalized spacial score (nSPS) is 18.7. The van der Waals surface area contributed by atoms with Gasteiger partial charge in [0.1, 0.15) is 10.8 Å². The van der Waals surface area contributed by atoms with Gasteiger partial charge in [-0.25, -0.2) is 10.1 Å². The first kappa shape index (κ1) is 13.2. The third-order valence-corrected chi connectivity index (χ3v) is 4.16. The van der Waals surface area contributed by atoms with E-state index in [0.717, 1.165) is 37.4 Å². The molecule has 2 aromatic heterocycles. The summed E-state index contributed by atoms with van der Waals surface area (Å²) in [5, 5.41) is 6.43. The van der Waals surface area contributed by atoms with Crippen molar-refractivity contribution in [2.45, 2.75) is 32.4 Å². The van der Waals surface area contributed by atoms with Crippen LogP contribution < -0.4 is 10.5 Å². The van der Waals surface area contributed by atoms with Gasteiger partial charge >= 0.3 is 0 Å². The summed E-state index contributed by atoms with van der Waals surface area (Å²) in [5.74, 6) is 0.993. The number of hydrogen-bond donors (Lipinski definition) is 1. The Bertz CT molecular complexity index is 665. The zero-order valence-corrected chi connectivity index (χ0v) is 12.0. The maximum atomic E-state index is 11.6. The zero-order valence-electron chi connectivity index (χ0n) is 11.2. The molecular weight excluding hydrogens is 278 g/mol. The minimum absolute atomic E-state index is 0.217. The number of anilines is 1. The molecule has 1 N–H and O–H groups in total. The van der Waals surface area contributed by atoms with Crippen LogP contribution in [0.25, 0.3) is 0 Å². The van der Waals surface area contributed by atoms with Crippen LogP contribution in [0.4, 0.5) is 5.69 Å². The Morgan fingerprint density at radius 2 is 2.40 bits per heavy atom. The second-order valence-corrected chi connectivity index (χ2v) is 5.39. The summed E-state index contributed by atoms with van der Waals surface area (Å²) in [4.78, 5) is 18.0. The van der Waals surface area contributed by atoms with Gasteiger partial charge in [0, 0.05) is 31.5 Å². The van der Waals surface area contributed by atoms with Crippen LogP contribution in [0.3, 0.4) is 0 Å². The SMILES string of the molecule is Cc1nccn1CC1CCCN1c1cn[nH]c(=O)c1Cl. The van der Waals surface area contributed by atoms with Gasteiger partial charge in [0.05, 0.1) is 11.9 Å². The van der Waals surface area contributed by atoms with E-state index in [9.17, 15) is 4.79 Å². The fourth-order valence-corrected chi connectivity index (χ4v) is 2.94. The number of H-pyrrole nitrogens is 1. The van der Waals surface area contributed by atoms with E-state index < -0.39 is 0 Å². The van der Waals surface area contributed by atoms with Gasteiger partial charge in [-0.1, -0.05) is 11.6 Å². The minimum Gasteiger partial charge on any atom is -0.364 e. The Balaban J connectivity index is 1.87. The Morgan fingerprint density at radius 1 is 1.55 bits per heavy atom. The lowest BCUT2D eigenvalue weighted by Gasteiger charge is -2.27. The highest BCUT2D eigenvalue weighted by molar-refractivity contribution is 6.33. The quantitative estimate of drug-likeness (QED) is 0.933. The summed E-state index contributed by atoms with van der Waals surface area (Å²) >= 11 is 6.11. The molecule has 1 atom stereocenters. The van der Waals surface area contributed by atoms with Crippen LogP contribution in [0.15, 0.2) is 23.4 Å². The predicted octanol–water partition coefficient (Wildman–Crippen LogP) is 1.60. The molecule has 0 spiro atoms. The van der Waals surface area contributed by atoms with Crippen LogP contribution in [0.1, 0.15) is 18.7 Å². The molecule has 1 fully saturated rings. The van der Waals surface area contributed by atoms with Crippen LogP contribution in [0.5, 0.6) is 0 Å². The molecule has 0 aromatic carbocycles. The van der Waals surface area contributed by atoms with Crippen molar-refractivity contribution < 1.29 is 0 Å². The van der Waals surface area contributed by atoms with Crippen LogP contribution in [-0.4, -0.2) is 32.3 Å². The fraction of sp³-hybridized carbons (Fsp3) is 0.462. The monoisotopic (exact) mass is 293 g/mol. The van der Waals surface area contributed by atoms with Gasteiger partial charge in [-0.05, 0) is 19.8 Å². The van der Waals surface area contributed by atoms with Gasteiger partial charge in [-0.3, -0.25) is 4.79 Å². The van der Waals surface area contributed by atoms with E-state index in [1.165, 1.54) is 0 Å². The fourth-order valence-electron chi connectivity index (χ4n) is 2.74. The maximum Gasteiger partial charge on any atom is 0.285 e. The third-order valence-electron chi connectivity index (χ3n) is 3.79. The minimum atomic E-state index is -0.339. The summed E-state index contributed by atoms with van der Waals surface area (Å²) in [6.45, 7) is 3.72. The second kappa shape index (κ2) is 5.28. The number of aromatic nitrogens is 4. The van der Waals surface area contributed by atoms with Crippen molar-refractivity contribution >= 4 is 17.3 Å². The lowest BCUT2D eigenvalue weighted by molar-refractivity contribution is 0.540. The van der Waals surface area contributed by atoms with E-state index in [0.29, 0.717) is 6.04 Å². The molecule has 3 rings (SSSR count). The van der Waals surface area contributed by atoms with Gasteiger partial charge in [0.15, 0.2) is 0 Å². The number of nitrogens with zero attached hydrogens (tertiary/aromatic N) is 4. The number of hydrogen-bond acceptors (Lipinski definition) is 4. The number of rotatable bonds is 3. The summed E-state index contributed by atoms with van der Waals surface area (Å²) in [7, 11) is 0. The number of imidazole rings is 1. The van der Waals surface area contributed by atoms with Gasteiger partial charge in [-0.15, -0.1) is 0 Å². The van der Waals surface area contributed by atoms with Gasteiger partial charge in [0.25, 0.3) is 5.56 Å². The molecule has 1 aliphatic rings. The average molecular weight is 294 g/mol. The average Bonchev–Trinajstić information content (AvgIpc) is 3.04. The number of aryl methyl sites for hydroxylation is 1. The Hall–Kier alpha value is -1.82. The lowest BCUT2D eigenvalue weighted by Crippen LogP contribution is -2.34. The van der Waals surface area contributed by atoms with E-state index in [4.69, 9.17) is 11.6 Å². The summed E-state index contributed by atoms with van der Waals surface area (Å²) < 4.78 is 2.12. The van der Waals surface area contributed by atoms with Crippen molar-refractivity contribution in [1.82, 2.24) is 19.7 Å². The summed E-state index contributed by atoms with van der Waals surface area (Å²) in [6, 6.07) is 0.309. The smallest absolute Gasteiger partial charge is 0.285 e. The van der Waals surface area contributed by atoms with Gasteiger partial charge in [0.2, 0.25) is 0 Å². The number of halogens is 1.